The van der Waals surface area contributed by atoms with Crippen molar-refractivity contribution in [3.63, 3.8) is 0 Å². The van der Waals surface area contributed by atoms with Crippen LogP contribution in [0.15, 0.2) is 9.47 Å². The van der Waals surface area contributed by atoms with Gasteiger partial charge in [0.15, 0.2) is 11.0 Å². The molecule has 5 nitrogen and oxygen atoms in total. The number of ether oxygens (including phenoxy) is 2. The Labute approximate surface area is 104 Å². The maximum absolute atomic E-state index is 5.44. The molecule has 1 saturated heterocycles. The smallest absolute Gasteiger partial charge is 0.218 e. The molecule has 0 N–H and O–H groups in total. The molecule has 2 heterocycles. The minimum absolute atomic E-state index is 0.103. The van der Waals surface area contributed by atoms with Crippen molar-refractivity contribution < 1.29 is 9.47 Å². The van der Waals surface area contributed by atoms with Gasteiger partial charge < -0.3 is 9.47 Å². The monoisotopic (exact) mass is 339 g/mol. The highest BCUT2D eigenvalue weighted by Crippen LogP contribution is 2.14. The van der Waals surface area contributed by atoms with Crippen molar-refractivity contribution >= 4 is 31.9 Å². The molecule has 1 aromatic rings. The van der Waals surface area contributed by atoms with Gasteiger partial charge in [0.1, 0.15) is 0 Å². The van der Waals surface area contributed by atoms with Crippen LogP contribution in [0.4, 0.5) is 0 Å². The Balaban J connectivity index is 1.84. The average molecular weight is 341 g/mol. The van der Waals surface area contributed by atoms with Gasteiger partial charge in [0, 0.05) is 13.0 Å². The maximum atomic E-state index is 5.44. The third kappa shape index (κ3) is 3.24. The Morgan fingerprint density at radius 1 is 1.33 bits per heavy atom. The lowest BCUT2D eigenvalue weighted by Gasteiger charge is -2.22. The highest BCUT2D eigenvalue weighted by molar-refractivity contribution is 9.11. The van der Waals surface area contributed by atoms with Crippen LogP contribution >= 0.6 is 31.9 Å². The molecule has 84 valence electrons. The van der Waals surface area contributed by atoms with Gasteiger partial charge in [0.05, 0.1) is 13.2 Å². The molecule has 1 aliphatic rings. The summed E-state index contributed by atoms with van der Waals surface area (Å²) in [4.78, 5) is 4.08. The summed E-state index contributed by atoms with van der Waals surface area (Å²) >= 11 is 6.53. The van der Waals surface area contributed by atoms with Crippen LogP contribution in [0.3, 0.4) is 0 Å². The van der Waals surface area contributed by atoms with Gasteiger partial charge in [-0.2, -0.15) is 4.98 Å². The van der Waals surface area contributed by atoms with Gasteiger partial charge in [0.25, 0.3) is 0 Å². The Morgan fingerprint density at radius 3 is 2.67 bits per heavy atom. The van der Waals surface area contributed by atoms with E-state index in [2.05, 4.69) is 41.9 Å². The van der Waals surface area contributed by atoms with Crippen molar-refractivity contribution in [1.29, 1.82) is 0 Å². The van der Waals surface area contributed by atoms with Crippen LogP contribution < -0.4 is 0 Å². The first-order valence-electron chi connectivity index (χ1n) is 4.75. The van der Waals surface area contributed by atoms with Gasteiger partial charge in [-0.3, -0.25) is 0 Å². The van der Waals surface area contributed by atoms with Crippen molar-refractivity contribution in [3.8, 4) is 0 Å². The highest BCUT2D eigenvalue weighted by atomic mass is 79.9. The summed E-state index contributed by atoms with van der Waals surface area (Å²) in [5.74, 6) is 0. The van der Waals surface area contributed by atoms with E-state index < -0.39 is 0 Å². The third-order valence-corrected chi connectivity index (χ3v) is 3.00. The quantitative estimate of drug-likeness (QED) is 0.844. The maximum Gasteiger partial charge on any atom is 0.218 e. The Hall–Kier alpha value is 0.0200. The Kier molecular flexibility index (Phi) is 4.13. The summed E-state index contributed by atoms with van der Waals surface area (Å²) in [6.45, 7) is 2.30. The zero-order chi connectivity index (χ0) is 10.7. The van der Waals surface area contributed by atoms with Crippen LogP contribution in [0.5, 0.6) is 0 Å². The van der Waals surface area contributed by atoms with Crippen molar-refractivity contribution in [3.05, 3.63) is 9.47 Å². The van der Waals surface area contributed by atoms with Gasteiger partial charge in [0.2, 0.25) is 4.73 Å². The van der Waals surface area contributed by atoms with Gasteiger partial charge in [-0.25, -0.2) is 4.68 Å². The molecule has 0 saturated carbocycles. The van der Waals surface area contributed by atoms with E-state index in [9.17, 15) is 0 Å². The molecule has 2 rings (SSSR count). The van der Waals surface area contributed by atoms with Crippen molar-refractivity contribution in [2.45, 2.75) is 25.7 Å². The van der Waals surface area contributed by atoms with E-state index in [4.69, 9.17) is 9.47 Å². The molecular formula is C8H11Br2N3O2. The van der Waals surface area contributed by atoms with E-state index in [0.29, 0.717) is 9.47 Å². The van der Waals surface area contributed by atoms with Crippen LogP contribution in [-0.4, -0.2) is 34.3 Å². The molecule has 0 aliphatic carbocycles. The summed E-state index contributed by atoms with van der Waals surface area (Å²) in [5, 5.41) is 4.16. The molecular weight excluding hydrogens is 330 g/mol. The van der Waals surface area contributed by atoms with Crippen molar-refractivity contribution in [2.75, 3.05) is 13.2 Å². The number of hydrogen-bond acceptors (Lipinski definition) is 4. The lowest BCUT2D eigenvalue weighted by atomic mass is 10.3. The normalized spacial score (nSPS) is 18.3. The molecule has 0 radical (unpaired) electrons. The standard InChI is InChI=1S/C8H11Br2N3O2/c9-7-11-8(10)13(12-7)3-2-6-14-4-1-5-15-6/h6H,1-5H2. The average Bonchev–Trinajstić information content (AvgIpc) is 2.56. The van der Waals surface area contributed by atoms with Gasteiger partial charge in [-0.05, 0) is 38.3 Å². The summed E-state index contributed by atoms with van der Waals surface area (Å²) in [7, 11) is 0. The number of nitrogens with zero attached hydrogens (tertiary/aromatic N) is 3. The number of hydrogen-bond donors (Lipinski definition) is 0. The predicted molar refractivity (Wildman–Crippen MR) is 60.3 cm³/mol. The molecule has 0 amide bonds. The van der Waals surface area contributed by atoms with E-state index in [-0.39, 0.29) is 6.29 Å². The van der Waals surface area contributed by atoms with Crippen molar-refractivity contribution in [2.24, 2.45) is 0 Å². The highest BCUT2D eigenvalue weighted by Gasteiger charge is 2.15. The first kappa shape index (κ1) is 11.5. The second-order valence-corrected chi connectivity index (χ2v) is 4.60. The lowest BCUT2D eigenvalue weighted by molar-refractivity contribution is -0.182. The molecule has 0 spiro atoms. The Bertz CT molecular complexity index is 326. The van der Waals surface area contributed by atoms with Crippen LogP contribution in [0.1, 0.15) is 12.8 Å². The van der Waals surface area contributed by atoms with E-state index in [1.807, 2.05) is 0 Å². The van der Waals surface area contributed by atoms with Crippen LogP contribution in [0.25, 0.3) is 0 Å². The number of aromatic nitrogens is 3. The molecule has 1 aromatic heterocycles. The molecule has 0 aromatic carbocycles. The SMILES string of the molecule is Brc1nc(Br)n(CCC2OCCCO2)n1. The fourth-order valence-corrected chi connectivity index (χ4v) is 2.39. The summed E-state index contributed by atoms with van der Waals surface area (Å²) in [6, 6.07) is 0. The van der Waals surface area contributed by atoms with Crippen LogP contribution in [0, 0.1) is 0 Å². The number of halogens is 2. The number of rotatable bonds is 3. The van der Waals surface area contributed by atoms with Crippen LogP contribution in [-0.2, 0) is 16.0 Å². The van der Waals surface area contributed by atoms with Gasteiger partial charge in [-0.1, -0.05) is 0 Å². The third-order valence-electron chi connectivity index (χ3n) is 2.07. The second kappa shape index (κ2) is 5.38. The first-order valence-corrected chi connectivity index (χ1v) is 6.33. The molecule has 0 bridgehead atoms. The van der Waals surface area contributed by atoms with E-state index >= 15 is 0 Å². The molecule has 0 atom stereocenters. The zero-order valence-corrected chi connectivity index (χ0v) is 11.2. The molecule has 15 heavy (non-hydrogen) atoms. The molecule has 1 aliphatic heterocycles. The zero-order valence-electron chi connectivity index (χ0n) is 8.03. The summed E-state index contributed by atoms with van der Waals surface area (Å²) in [6.07, 6.45) is 1.66. The van der Waals surface area contributed by atoms with E-state index in [0.717, 1.165) is 32.6 Å². The minimum Gasteiger partial charge on any atom is -0.353 e. The summed E-state index contributed by atoms with van der Waals surface area (Å²) in [5.41, 5.74) is 0. The minimum atomic E-state index is -0.103. The topological polar surface area (TPSA) is 49.2 Å². The van der Waals surface area contributed by atoms with Gasteiger partial charge >= 0.3 is 0 Å². The second-order valence-electron chi connectivity index (χ2n) is 3.19. The molecule has 1 fully saturated rings. The van der Waals surface area contributed by atoms with E-state index in [1.54, 1.807) is 4.68 Å². The summed E-state index contributed by atoms with van der Waals surface area (Å²) < 4.78 is 13.9. The van der Waals surface area contributed by atoms with Gasteiger partial charge in [-0.15, -0.1) is 5.10 Å². The Morgan fingerprint density at radius 2 is 2.07 bits per heavy atom. The largest absolute Gasteiger partial charge is 0.353 e. The number of aryl methyl sites for hydroxylation is 1. The fraction of sp³-hybridized carbons (Fsp3) is 0.750. The first-order chi connectivity index (χ1) is 7.25. The van der Waals surface area contributed by atoms with Crippen molar-refractivity contribution in [1.82, 2.24) is 14.8 Å². The van der Waals surface area contributed by atoms with Crippen LogP contribution in [0.2, 0.25) is 0 Å². The fourth-order valence-electron chi connectivity index (χ4n) is 1.37. The molecule has 0 unspecified atom stereocenters. The lowest BCUT2D eigenvalue weighted by Crippen LogP contribution is -2.26. The van der Waals surface area contributed by atoms with E-state index in [1.165, 1.54) is 0 Å². The predicted octanol–water partition coefficient (Wildman–Crippen LogP) is 1.96. The molecule has 7 heteroatoms.